The van der Waals surface area contributed by atoms with Gasteiger partial charge in [-0.2, -0.15) is 0 Å². The Hall–Kier alpha value is -1.13. The molecule has 0 aliphatic rings. The first-order chi connectivity index (χ1) is 7.86. The van der Waals surface area contributed by atoms with Gasteiger partial charge in [-0.05, 0) is 25.1 Å². The molecule has 90 valence electrons. The molecule has 0 amide bonds. The molecule has 0 radical (unpaired) electrons. The zero-order valence-corrected chi connectivity index (χ0v) is 9.78. The Balaban J connectivity index is 2.30. The van der Waals surface area contributed by atoms with Crippen LogP contribution in [0.25, 0.3) is 0 Å². The maximum atomic E-state index is 8.60. The number of nitrogens with zero attached hydrogens (tertiary/aromatic N) is 1. The zero-order chi connectivity index (χ0) is 11.6. The SMILES string of the molecule is CCCNCc1ccc(OCCCO)cn1. The molecule has 16 heavy (non-hydrogen) atoms. The molecule has 0 aliphatic heterocycles. The normalized spacial score (nSPS) is 10.4. The van der Waals surface area contributed by atoms with Crippen LogP contribution in [0.2, 0.25) is 0 Å². The van der Waals surface area contributed by atoms with Crippen LogP contribution in [0.1, 0.15) is 25.5 Å². The number of hydrogen-bond donors (Lipinski definition) is 2. The second-order valence-electron chi connectivity index (χ2n) is 3.59. The molecule has 4 nitrogen and oxygen atoms in total. The summed E-state index contributed by atoms with van der Waals surface area (Å²) in [5, 5.41) is 11.9. The van der Waals surface area contributed by atoms with Gasteiger partial charge in [-0.3, -0.25) is 4.98 Å². The predicted octanol–water partition coefficient (Wildman–Crippen LogP) is 1.34. The van der Waals surface area contributed by atoms with E-state index >= 15 is 0 Å². The summed E-state index contributed by atoms with van der Waals surface area (Å²) < 4.78 is 5.38. The van der Waals surface area contributed by atoms with Crippen molar-refractivity contribution in [2.45, 2.75) is 26.3 Å². The first-order valence-electron chi connectivity index (χ1n) is 5.76. The average Bonchev–Trinajstić information content (AvgIpc) is 2.32. The van der Waals surface area contributed by atoms with Crippen LogP contribution >= 0.6 is 0 Å². The van der Waals surface area contributed by atoms with Gasteiger partial charge in [0.05, 0.1) is 18.5 Å². The van der Waals surface area contributed by atoms with E-state index in [0.29, 0.717) is 13.0 Å². The van der Waals surface area contributed by atoms with Crippen molar-refractivity contribution in [2.75, 3.05) is 19.8 Å². The quantitative estimate of drug-likeness (QED) is 0.654. The third-order valence-electron chi connectivity index (χ3n) is 2.10. The molecule has 0 unspecified atom stereocenters. The second kappa shape index (κ2) is 8.07. The first kappa shape index (κ1) is 12.9. The van der Waals surface area contributed by atoms with Crippen LogP contribution in [-0.4, -0.2) is 29.8 Å². The van der Waals surface area contributed by atoms with Gasteiger partial charge in [0.2, 0.25) is 0 Å². The lowest BCUT2D eigenvalue weighted by atomic mass is 10.3. The molecule has 4 heteroatoms. The predicted molar refractivity (Wildman–Crippen MR) is 63.4 cm³/mol. The van der Waals surface area contributed by atoms with Gasteiger partial charge in [-0.25, -0.2) is 0 Å². The van der Waals surface area contributed by atoms with Crippen molar-refractivity contribution in [3.05, 3.63) is 24.0 Å². The Morgan fingerprint density at radius 3 is 2.94 bits per heavy atom. The molecule has 0 atom stereocenters. The standard InChI is InChI=1S/C12H20N2O2/c1-2-6-13-9-11-4-5-12(10-14-11)16-8-3-7-15/h4-5,10,13,15H,2-3,6-9H2,1H3. The van der Waals surface area contributed by atoms with Crippen LogP contribution in [-0.2, 0) is 6.54 Å². The van der Waals surface area contributed by atoms with E-state index in [1.54, 1.807) is 6.20 Å². The monoisotopic (exact) mass is 224 g/mol. The third kappa shape index (κ3) is 5.09. The molecule has 0 saturated heterocycles. The summed E-state index contributed by atoms with van der Waals surface area (Å²) in [5.74, 6) is 0.757. The highest BCUT2D eigenvalue weighted by Crippen LogP contribution is 2.09. The van der Waals surface area contributed by atoms with Crippen molar-refractivity contribution in [1.82, 2.24) is 10.3 Å². The summed E-state index contributed by atoms with van der Waals surface area (Å²) in [5.41, 5.74) is 1.02. The molecule has 1 aromatic heterocycles. The van der Waals surface area contributed by atoms with Crippen LogP contribution < -0.4 is 10.1 Å². The van der Waals surface area contributed by atoms with Gasteiger partial charge in [0.15, 0.2) is 0 Å². The fraction of sp³-hybridized carbons (Fsp3) is 0.583. The Bertz CT molecular complexity index is 246. The number of aliphatic hydroxyl groups is 1. The van der Waals surface area contributed by atoms with Crippen molar-refractivity contribution >= 4 is 0 Å². The van der Waals surface area contributed by atoms with Gasteiger partial charge < -0.3 is 15.2 Å². The number of ether oxygens (including phenoxy) is 1. The van der Waals surface area contributed by atoms with E-state index in [1.165, 1.54) is 0 Å². The van der Waals surface area contributed by atoms with E-state index in [4.69, 9.17) is 9.84 Å². The highest BCUT2D eigenvalue weighted by atomic mass is 16.5. The number of aliphatic hydroxyl groups excluding tert-OH is 1. The Labute approximate surface area is 96.7 Å². The van der Waals surface area contributed by atoms with Crippen LogP contribution in [0.15, 0.2) is 18.3 Å². The van der Waals surface area contributed by atoms with Crippen LogP contribution in [0, 0.1) is 0 Å². The van der Waals surface area contributed by atoms with E-state index in [9.17, 15) is 0 Å². The number of aromatic nitrogens is 1. The Morgan fingerprint density at radius 1 is 1.44 bits per heavy atom. The lowest BCUT2D eigenvalue weighted by Gasteiger charge is -2.06. The third-order valence-corrected chi connectivity index (χ3v) is 2.10. The summed E-state index contributed by atoms with van der Waals surface area (Å²) in [6, 6.07) is 3.87. The van der Waals surface area contributed by atoms with E-state index in [-0.39, 0.29) is 6.61 Å². The summed E-state index contributed by atoms with van der Waals surface area (Å²) in [6.07, 6.45) is 3.50. The largest absolute Gasteiger partial charge is 0.492 e. The van der Waals surface area contributed by atoms with Gasteiger partial charge in [0.25, 0.3) is 0 Å². The number of pyridine rings is 1. The molecule has 0 saturated carbocycles. The highest BCUT2D eigenvalue weighted by Gasteiger charge is 1.96. The number of nitrogens with one attached hydrogen (secondary N) is 1. The van der Waals surface area contributed by atoms with Crippen molar-refractivity contribution in [1.29, 1.82) is 0 Å². The molecule has 1 heterocycles. The van der Waals surface area contributed by atoms with E-state index in [2.05, 4.69) is 17.2 Å². The van der Waals surface area contributed by atoms with Gasteiger partial charge in [-0.1, -0.05) is 6.92 Å². The molecular weight excluding hydrogens is 204 g/mol. The Kier molecular flexibility index (Phi) is 6.53. The smallest absolute Gasteiger partial charge is 0.137 e. The lowest BCUT2D eigenvalue weighted by Crippen LogP contribution is -2.14. The summed E-state index contributed by atoms with van der Waals surface area (Å²) in [7, 11) is 0. The average molecular weight is 224 g/mol. The Morgan fingerprint density at radius 2 is 2.31 bits per heavy atom. The van der Waals surface area contributed by atoms with Crippen LogP contribution in [0.5, 0.6) is 5.75 Å². The number of hydrogen-bond acceptors (Lipinski definition) is 4. The zero-order valence-electron chi connectivity index (χ0n) is 9.78. The van der Waals surface area contributed by atoms with Crippen molar-refractivity contribution in [3.63, 3.8) is 0 Å². The fourth-order valence-electron chi connectivity index (χ4n) is 1.25. The maximum Gasteiger partial charge on any atom is 0.137 e. The van der Waals surface area contributed by atoms with Crippen molar-refractivity contribution < 1.29 is 9.84 Å². The molecule has 2 N–H and O–H groups in total. The molecule has 0 spiro atoms. The number of rotatable bonds is 8. The molecule has 0 aromatic carbocycles. The van der Waals surface area contributed by atoms with Crippen LogP contribution in [0.4, 0.5) is 0 Å². The molecular formula is C12H20N2O2. The van der Waals surface area contributed by atoms with Crippen molar-refractivity contribution in [2.24, 2.45) is 0 Å². The first-order valence-corrected chi connectivity index (χ1v) is 5.76. The van der Waals surface area contributed by atoms with Gasteiger partial charge in [0.1, 0.15) is 5.75 Å². The van der Waals surface area contributed by atoms with E-state index in [0.717, 1.165) is 31.0 Å². The van der Waals surface area contributed by atoms with Gasteiger partial charge in [0, 0.05) is 19.6 Å². The van der Waals surface area contributed by atoms with Crippen LogP contribution in [0.3, 0.4) is 0 Å². The maximum absolute atomic E-state index is 8.60. The molecule has 1 aromatic rings. The molecule has 0 bridgehead atoms. The fourth-order valence-corrected chi connectivity index (χ4v) is 1.25. The highest BCUT2D eigenvalue weighted by molar-refractivity contribution is 5.19. The van der Waals surface area contributed by atoms with E-state index < -0.39 is 0 Å². The topological polar surface area (TPSA) is 54.4 Å². The summed E-state index contributed by atoms with van der Waals surface area (Å²) >= 11 is 0. The second-order valence-corrected chi connectivity index (χ2v) is 3.59. The minimum atomic E-state index is 0.159. The van der Waals surface area contributed by atoms with Gasteiger partial charge >= 0.3 is 0 Å². The summed E-state index contributed by atoms with van der Waals surface area (Å²) in [4.78, 5) is 4.28. The lowest BCUT2D eigenvalue weighted by molar-refractivity contribution is 0.233. The van der Waals surface area contributed by atoms with Gasteiger partial charge in [-0.15, -0.1) is 0 Å². The minimum absolute atomic E-state index is 0.159. The molecule has 0 fully saturated rings. The summed E-state index contributed by atoms with van der Waals surface area (Å²) in [6.45, 7) is 4.64. The molecule has 1 rings (SSSR count). The van der Waals surface area contributed by atoms with E-state index in [1.807, 2.05) is 12.1 Å². The van der Waals surface area contributed by atoms with Crippen molar-refractivity contribution in [3.8, 4) is 5.75 Å². The minimum Gasteiger partial charge on any atom is -0.492 e. The molecule has 0 aliphatic carbocycles.